The van der Waals surface area contributed by atoms with Crippen LogP contribution >= 0.6 is 0 Å². The Labute approximate surface area is 81.4 Å². The Bertz CT molecular complexity index is 319. The van der Waals surface area contributed by atoms with E-state index in [0.717, 1.165) is 6.26 Å². The van der Waals surface area contributed by atoms with E-state index in [1.165, 1.54) is 18.2 Å². The first-order chi connectivity index (χ1) is 6.72. The van der Waals surface area contributed by atoms with Crippen molar-refractivity contribution in [2.24, 2.45) is 0 Å². The molecule has 0 radical (unpaired) electrons. The molecule has 4 nitrogen and oxygen atoms in total. The van der Waals surface area contributed by atoms with Gasteiger partial charge in [0.1, 0.15) is 5.75 Å². The van der Waals surface area contributed by atoms with Gasteiger partial charge in [0.05, 0.1) is 19.5 Å². The van der Waals surface area contributed by atoms with Crippen LogP contribution in [0.25, 0.3) is 6.08 Å². The second kappa shape index (κ2) is 4.64. The van der Waals surface area contributed by atoms with Gasteiger partial charge >= 0.3 is 0 Å². The third-order valence-electron chi connectivity index (χ3n) is 1.90. The molecule has 0 aliphatic carbocycles. The summed E-state index contributed by atoms with van der Waals surface area (Å²) in [6.45, 7) is -0.627. The van der Waals surface area contributed by atoms with Crippen LogP contribution in [0, 0.1) is 0 Å². The summed E-state index contributed by atoms with van der Waals surface area (Å²) in [5, 5.41) is 35.8. The molecule has 0 aliphatic heterocycles. The van der Waals surface area contributed by atoms with Gasteiger partial charge in [-0.3, -0.25) is 0 Å². The highest BCUT2D eigenvalue weighted by molar-refractivity contribution is 5.55. The quantitative estimate of drug-likeness (QED) is 0.541. The van der Waals surface area contributed by atoms with Crippen molar-refractivity contribution in [1.29, 1.82) is 0 Å². The maximum absolute atomic E-state index is 9.47. The van der Waals surface area contributed by atoms with E-state index in [1.54, 1.807) is 0 Å². The van der Waals surface area contributed by atoms with Crippen molar-refractivity contribution >= 4 is 6.08 Å². The number of aromatic hydroxyl groups is 1. The molecule has 14 heavy (non-hydrogen) atoms. The Balaban J connectivity index is 3.24. The van der Waals surface area contributed by atoms with E-state index in [9.17, 15) is 5.11 Å². The van der Waals surface area contributed by atoms with Gasteiger partial charge in [0.25, 0.3) is 0 Å². The topological polar surface area (TPSA) is 80.9 Å². The molecular weight excluding hydrogens is 184 g/mol. The summed E-state index contributed by atoms with van der Waals surface area (Å²) in [5.41, 5.74) is 1.26. The van der Waals surface area contributed by atoms with Gasteiger partial charge < -0.3 is 20.4 Å². The SMILES string of the molecule is O/C=C/c1cc(CO)c(O)c(CO)c1. The summed E-state index contributed by atoms with van der Waals surface area (Å²) >= 11 is 0. The first kappa shape index (κ1) is 10.6. The Morgan fingerprint density at radius 1 is 1.07 bits per heavy atom. The lowest BCUT2D eigenvalue weighted by molar-refractivity contribution is 0.263. The van der Waals surface area contributed by atoms with Crippen LogP contribution in [-0.2, 0) is 13.2 Å². The highest BCUT2D eigenvalue weighted by Crippen LogP contribution is 2.25. The van der Waals surface area contributed by atoms with Gasteiger partial charge in [-0.1, -0.05) is 0 Å². The van der Waals surface area contributed by atoms with Crippen LogP contribution in [0.2, 0.25) is 0 Å². The third kappa shape index (κ3) is 2.04. The van der Waals surface area contributed by atoms with Crippen LogP contribution in [0.15, 0.2) is 18.4 Å². The largest absolute Gasteiger partial charge is 0.516 e. The van der Waals surface area contributed by atoms with Crippen molar-refractivity contribution < 1.29 is 20.4 Å². The number of phenols is 1. The third-order valence-corrected chi connectivity index (χ3v) is 1.90. The predicted octanol–water partition coefficient (Wildman–Crippen LogP) is 0.905. The summed E-state index contributed by atoms with van der Waals surface area (Å²) in [7, 11) is 0. The molecule has 76 valence electrons. The number of aliphatic hydroxyl groups excluding tert-OH is 3. The molecule has 4 heteroatoms. The van der Waals surface area contributed by atoms with Gasteiger partial charge in [-0.2, -0.15) is 0 Å². The first-order valence-corrected chi connectivity index (χ1v) is 4.10. The smallest absolute Gasteiger partial charge is 0.126 e. The molecule has 0 aliphatic rings. The number of hydrogen-bond acceptors (Lipinski definition) is 4. The van der Waals surface area contributed by atoms with Crippen molar-refractivity contribution in [2.75, 3.05) is 0 Å². The van der Waals surface area contributed by atoms with Gasteiger partial charge in [0.15, 0.2) is 0 Å². The summed E-state index contributed by atoms with van der Waals surface area (Å²) in [6, 6.07) is 3.06. The fourth-order valence-electron chi connectivity index (χ4n) is 1.21. The van der Waals surface area contributed by atoms with Gasteiger partial charge in [0, 0.05) is 11.1 Å². The standard InChI is InChI=1S/C10H12O4/c11-2-1-7-3-8(5-12)10(14)9(4-7)6-13/h1-4,11-14H,5-6H2/b2-1+. The molecule has 0 spiro atoms. The van der Waals surface area contributed by atoms with E-state index in [1.807, 2.05) is 0 Å². The van der Waals surface area contributed by atoms with Crippen molar-refractivity contribution in [3.8, 4) is 5.75 Å². The van der Waals surface area contributed by atoms with Crippen LogP contribution in [0.4, 0.5) is 0 Å². The minimum Gasteiger partial charge on any atom is -0.516 e. The molecule has 1 aromatic rings. The molecular formula is C10H12O4. The van der Waals surface area contributed by atoms with Gasteiger partial charge in [-0.05, 0) is 23.8 Å². The average molecular weight is 196 g/mol. The van der Waals surface area contributed by atoms with Crippen molar-refractivity contribution in [2.45, 2.75) is 13.2 Å². The number of hydrogen-bond donors (Lipinski definition) is 4. The van der Waals surface area contributed by atoms with E-state index in [-0.39, 0.29) is 19.0 Å². The van der Waals surface area contributed by atoms with Crippen LogP contribution in [-0.4, -0.2) is 20.4 Å². The maximum Gasteiger partial charge on any atom is 0.126 e. The summed E-state index contributed by atoms with van der Waals surface area (Å²) in [4.78, 5) is 0. The van der Waals surface area contributed by atoms with Crippen LogP contribution in [0.1, 0.15) is 16.7 Å². The van der Waals surface area contributed by atoms with E-state index >= 15 is 0 Å². The highest BCUT2D eigenvalue weighted by atomic mass is 16.3. The zero-order valence-electron chi connectivity index (χ0n) is 7.51. The Morgan fingerprint density at radius 3 is 1.93 bits per heavy atom. The molecule has 1 aromatic carbocycles. The highest BCUT2D eigenvalue weighted by Gasteiger charge is 2.07. The monoisotopic (exact) mass is 196 g/mol. The van der Waals surface area contributed by atoms with E-state index < -0.39 is 0 Å². The van der Waals surface area contributed by atoms with Gasteiger partial charge in [-0.25, -0.2) is 0 Å². The van der Waals surface area contributed by atoms with Gasteiger partial charge in [-0.15, -0.1) is 0 Å². The lowest BCUT2D eigenvalue weighted by atomic mass is 10.0. The summed E-state index contributed by atoms with van der Waals surface area (Å²) in [6.07, 6.45) is 2.26. The Morgan fingerprint density at radius 2 is 1.57 bits per heavy atom. The molecule has 4 N–H and O–H groups in total. The minimum atomic E-state index is -0.314. The normalized spacial score (nSPS) is 11.0. The number of rotatable bonds is 3. The molecule has 0 unspecified atom stereocenters. The second-order valence-electron chi connectivity index (χ2n) is 2.82. The molecule has 1 rings (SSSR count). The summed E-state index contributed by atoms with van der Waals surface area (Å²) < 4.78 is 0. The molecule has 0 bridgehead atoms. The van der Waals surface area contributed by atoms with E-state index in [0.29, 0.717) is 16.7 Å². The molecule has 0 amide bonds. The Hall–Kier alpha value is -1.52. The predicted molar refractivity (Wildman–Crippen MR) is 51.6 cm³/mol. The lowest BCUT2D eigenvalue weighted by Gasteiger charge is -2.07. The second-order valence-corrected chi connectivity index (χ2v) is 2.82. The molecule has 0 saturated carbocycles. The molecule has 0 heterocycles. The van der Waals surface area contributed by atoms with Crippen LogP contribution < -0.4 is 0 Å². The fourth-order valence-corrected chi connectivity index (χ4v) is 1.21. The van der Waals surface area contributed by atoms with E-state index in [2.05, 4.69) is 0 Å². The molecule has 0 fully saturated rings. The van der Waals surface area contributed by atoms with E-state index in [4.69, 9.17) is 15.3 Å². The maximum atomic E-state index is 9.47. The van der Waals surface area contributed by atoms with Crippen LogP contribution in [0.5, 0.6) is 5.75 Å². The van der Waals surface area contributed by atoms with Crippen molar-refractivity contribution in [1.82, 2.24) is 0 Å². The fraction of sp³-hybridized carbons (Fsp3) is 0.200. The zero-order valence-corrected chi connectivity index (χ0v) is 7.51. The Kier molecular flexibility index (Phi) is 3.50. The van der Waals surface area contributed by atoms with Crippen LogP contribution in [0.3, 0.4) is 0 Å². The molecule has 0 atom stereocenters. The van der Waals surface area contributed by atoms with Gasteiger partial charge in [0.2, 0.25) is 0 Å². The van der Waals surface area contributed by atoms with Crippen molar-refractivity contribution in [3.05, 3.63) is 35.1 Å². The van der Waals surface area contributed by atoms with Crippen molar-refractivity contribution in [3.63, 3.8) is 0 Å². The zero-order chi connectivity index (χ0) is 10.6. The minimum absolute atomic E-state index is 0.106. The summed E-state index contributed by atoms with van der Waals surface area (Å²) in [5.74, 6) is -0.106. The molecule has 0 aromatic heterocycles. The molecule has 0 saturated heterocycles. The lowest BCUT2D eigenvalue weighted by Crippen LogP contribution is -1.92. The average Bonchev–Trinajstić information content (AvgIpc) is 2.20. The first-order valence-electron chi connectivity index (χ1n) is 4.10. The number of aliphatic hydroxyl groups is 3. The number of benzene rings is 1.